The van der Waals surface area contributed by atoms with E-state index in [1.165, 1.54) is 27.4 Å². The third-order valence-electron chi connectivity index (χ3n) is 3.75. The summed E-state index contributed by atoms with van der Waals surface area (Å²) in [5.41, 5.74) is -1.07. The maximum absolute atomic E-state index is 11.2. The van der Waals surface area contributed by atoms with Gasteiger partial charge in [-0.2, -0.15) is 0 Å². The highest BCUT2D eigenvalue weighted by Gasteiger charge is 2.23. The lowest BCUT2D eigenvalue weighted by atomic mass is 10.1. The summed E-state index contributed by atoms with van der Waals surface area (Å²) in [5.74, 6) is -2.18. The Labute approximate surface area is 185 Å². The van der Waals surface area contributed by atoms with E-state index < -0.39 is 38.9 Å². The van der Waals surface area contributed by atoms with Gasteiger partial charge in [0.05, 0.1) is 49.4 Å². The number of nitro benzene ring substituents is 2. The van der Waals surface area contributed by atoms with Crippen LogP contribution in [0.15, 0.2) is 24.3 Å². The van der Waals surface area contributed by atoms with E-state index in [1.54, 1.807) is 0 Å². The lowest BCUT2D eigenvalue weighted by molar-refractivity contribution is -0.386. The number of ether oxygens (including phenoxy) is 4. The molecule has 172 valence electrons. The molecule has 0 unspecified atom stereocenters. The molecule has 32 heavy (non-hydrogen) atoms. The van der Waals surface area contributed by atoms with Gasteiger partial charge >= 0.3 is 17.6 Å². The summed E-state index contributed by atoms with van der Waals surface area (Å²) >= 11 is 5.70. The SMILES string of the molecule is COC(=O)c1cc(OC)c(Cl)c([N+](=O)[O-])c1.COC(=O)c1cc(OC)c(O)c([N+](=O)[O-])c1. The first-order valence-electron chi connectivity index (χ1n) is 8.26. The Balaban J connectivity index is 0.000000320. The van der Waals surface area contributed by atoms with Gasteiger partial charge in [-0.05, 0) is 12.1 Å². The number of methoxy groups -OCH3 is 4. The molecule has 0 aliphatic rings. The fraction of sp³-hybridized carbons (Fsp3) is 0.222. The van der Waals surface area contributed by atoms with Gasteiger partial charge < -0.3 is 24.1 Å². The number of aromatic hydroxyl groups is 1. The molecule has 0 saturated carbocycles. The average Bonchev–Trinajstić information content (AvgIpc) is 2.78. The second kappa shape index (κ2) is 11.3. The highest BCUT2D eigenvalue weighted by atomic mass is 35.5. The molecule has 13 nitrogen and oxygen atoms in total. The molecular formula is C18H17ClN2O11. The lowest BCUT2D eigenvalue weighted by Gasteiger charge is -2.06. The summed E-state index contributed by atoms with van der Waals surface area (Å²) in [7, 11) is 4.84. The van der Waals surface area contributed by atoms with Crippen LogP contribution in [0, 0.1) is 20.2 Å². The van der Waals surface area contributed by atoms with E-state index in [0.29, 0.717) is 0 Å². The third-order valence-corrected chi connectivity index (χ3v) is 4.13. The quantitative estimate of drug-likeness (QED) is 0.370. The summed E-state index contributed by atoms with van der Waals surface area (Å²) in [6.45, 7) is 0. The molecule has 0 aromatic heterocycles. The highest BCUT2D eigenvalue weighted by Crippen LogP contribution is 2.37. The van der Waals surface area contributed by atoms with E-state index >= 15 is 0 Å². The van der Waals surface area contributed by atoms with Crippen molar-refractivity contribution in [3.63, 3.8) is 0 Å². The van der Waals surface area contributed by atoms with Crippen molar-refractivity contribution in [3.05, 3.63) is 60.6 Å². The van der Waals surface area contributed by atoms with Crippen molar-refractivity contribution in [2.24, 2.45) is 0 Å². The number of nitro groups is 2. The summed E-state index contributed by atoms with van der Waals surface area (Å²) in [5, 5.41) is 30.5. The lowest BCUT2D eigenvalue weighted by Crippen LogP contribution is -2.03. The molecule has 0 amide bonds. The van der Waals surface area contributed by atoms with Gasteiger partial charge in [0.1, 0.15) is 5.75 Å². The summed E-state index contributed by atoms with van der Waals surface area (Å²) in [6, 6.07) is 4.40. The van der Waals surface area contributed by atoms with Crippen LogP contribution < -0.4 is 9.47 Å². The molecular weight excluding hydrogens is 456 g/mol. The van der Waals surface area contributed by atoms with Crippen molar-refractivity contribution in [1.82, 2.24) is 0 Å². The number of nitrogens with zero attached hydrogens (tertiary/aromatic N) is 2. The average molecular weight is 473 g/mol. The minimum absolute atomic E-state index is 0.00968. The second-order valence-electron chi connectivity index (χ2n) is 5.56. The normalized spacial score (nSPS) is 9.66. The van der Waals surface area contributed by atoms with Gasteiger partial charge in [0, 0.05) is 12.1 Å². The molecule has 0 heterocycles. The van der Waals surface area contributed by atoms with Crippen LogP contribution in [0.1, 0.15) is 20.7 Å². The van der Waals surface area contributed by atoms with Crippen LogP contribution in [-0.4, -0.2) is 55.3 Å². The minimum Gasteiger partial charge on any atom is -0.500 e. The first-order chi connectivity index (χ1) is 15.0. The van der Waals surface area contributed by atoms with E-state index in [-0.39, 0.29) is 27.6 Å². The van der Waals surface area contributed by atoms with E-state index in [1.807, 2.05) is 0 Å². The molecule has 2 aromatic carbocycles. The molecule has 0 fully saturated rings. The monoisotopic (exact) mass is 472 g/mol. The highest BCUT2D eigenvalue weighted by molar-refractivity contribution is 6.34. The van der Waals surface area contributed by atoms with Crippen molar-refractivity contribution >= 4 is 34.9 Å². The number of rotatable bonds is 6. The zero-order valence-electron chi connectivity index (χ0n) is 17.1. The number of halogens is 1. The molecule has 0 saturated heterocycles. The van der Waals surface area contributed by atoms with Gasteiger partial charge in [0.15, 0.2) is 10.8 Å². The number of hydrogen-bond donors (Lipinski definition) is 1. The first kappa shape index (κ1) is 25.9. The fourth-order valence-electron chi connectivity index (χ4n) is 2.22. The van der Waals surface area contributed by atoms with Gasteiger partial charge in [-0.15, -0.1) is 0 Å². The van der Waals surface area contributed by atoms with E-state index in [9.17, 15) is 34.9 Å². The molecule has 2 aromatic rings. The summed E-state index contributed by atoms with van der Waals surface area (Å²) in [4.78, 5) is 42.2. The zero-order valence-corrected chi connectivity index (χ0v) is 17.9. The zero-order chi connectivity index (χ0) is 24.6. The molecule has 1 N–H and O–H groups in total. The van der Waals surface area contributed by atoms with Gasteiger partial charge in [0.25, 0.3) is 5.69 Å². The maximum atomic E-state index is 11.2. The Kier molecular flexibility index (Phi) is 9.16. The van der Waals surface area contributed by atoms with Crippen molar-refractivity contribution in [2.75, 3.05) is 28.4 Å². The first-order valence-corrected chi connectivity index (χ1v) is 8.64. The van der Waals surface area contributed by atoms with Crippen molar-refractivity contribution in [2.45, 2.75) is 0 Å². The molecule has 2 rings (SSSR count). The van der Waals surface area contributed by atoms with E-state index in [0.717, 1.165) is 25.3 Å². The Hall–Kier alpha value is -4.13. The number of carbonyl (C=O) groups is 2. The number of benzene rings is 2. The molecule has 0 aliphatic heterocycles. The van der Waals surface area contributed by atoms with E-state index in [4.69, 9.17) is 21.1 Å². The van der Waals surface area contributed by atoms with Crippen LogP contribution in [0.3, 0.4) is 0 Å². The van der Waals surface area contributed by atoms with Crippen LogP contribution in [0.25, 0.3) is 0 Å². The summed E-state index contributed by atoms with van der Waals surface area (Å²) in [6.07, 6.45) is 0. The minimum atomic E-state index is -0.815. The molecule has 14 heteroatoms. The fourth-order valence-corrected chi connectivity index (χ4v) is 2.48. The van der Waals surface area contributed by atoms with Crippen LogP contribution in [0.2, 0.25) is 5.02 Å². The number of phenols is 1. The Morgan fingerprint density at radius 3 is 1.59 bits per heavy atom. The Bertz CT molecular complexity index is 972. The number of phenolic OH excluding ortho intramolecular Hbond substituents is 1. The van der Waals surface area contributed by atoms with E-state index in [2.05, 4.69) is 9.47 Å². The smallest absolute Gasteiger partial charge is 0.338 e. The largest absolute Gasteiger partial charge is 0.500 e. The summed E-state index contributed by atoms with van der Waals surface area (Å²) < 4.78 is 18.4. The van der Waals surface area contributed by atoms with Crippen molar-refractivity contribution in [3.8, 4) is 17.2 Å². The molecule has 0 aliphatic carbocycles. The topological polar surface area (TPSA) is 178 Å². The van der Waals surface area contributed by atoms with Gasteiger partial charge in [0.2, 0.25) is 5.75 Å². The Morgan fingerprint density at radius 2 is 1.22 bits per heavy atom. The second-order valence-corrected chi connectivity index (χ2v) is 5.93. The van der Waals surface area contributed by atoms with Crippen LogP contribution in [0.4, 0.5) is 11.4 Å². The van der Waals surface area contributed by atoms with Crippen LogP contribution in [-0.2, 0) is 9.47 Å². The number of hydrogen-bond acceptors (Lipinski definition) is 11. The number of carbonyl (C=O) groups excluding carboxylic acids is 2. The van der Waals surface area contributed by atoms with Gasteiger partial charge in [-0.25, -0.2) is 9.59 Å². The van der Waals surface area contributed by atoms with Crippen LogP contribution >= 0.6 is 11.6 Å². The van der Waals surface area contributed by atoms with Gasteiger partial charge in [-0.1, -0.05) is 11.6 Å². The van der Waals surface area contributed by atoms with Crippen molar-refractivity contribution in [1.29, 1.82) is 0 Å². The molecule has 0 bridgehead atoms. The van der Waals surface area contributed by atoms with Gasteiger partial charge in [-0.3, -0.25) is 20.2 Å². The predicted octanol–water partition coefficient (Wildman–Crippen LogP) is 3.14. The molecule has 0 spiro atoms. The Morgan fingerprint density at radius 1 is 0.812 bits per heavy atom. The number of esters is 2. The van der Waals surface area contributed by atoms with Crippen LogP contribution in [0.5, 0.6) is 17.2 Å². The third kappa shape index (κ3) is 5.95. The van der Waals surface area contributed by atoms with Crippen molar-refractivity contribution < 1.29 is 43.5 Å². The predicted molar refractivity (Wildman–Crippen MR) is 109 cm³/mol. The maximum Gasteiger partial charge on any atom is 0.338 e. The molecule has 0 radical (unpaired) electrons. The molecule has 0 atom stereocenters. The standard InChI is InChI=1S/C9H8ClNO5.C9H9NO6/c1-15-7-4-5(9(12)16-2)3-6(8(7)10)11(13)14;1-15-7-4-5(9(12)16-2)3-6(8(7)11)10(13)14/h3-4H,1-2H3;3-4,11H,1-2H3.